The summed E-state index contributed by atoms with van der Waals surface area (Å²) in [6.07, 6.45) is 4.73. The number of fused-ring (bicyclic) bond motifs is 1. The number of imide groups is 1. The number of esters is 2. The zero-order valence-electron chi connectivity index (χ0n) is 20.1. The minimum absolute atomic E-state index is 0.0846. The van der Waals surface area contributed by atoms with E-state index in [1.807, 2.05) is 6.92 Å². The number of hydrogen-bond acceptors (Lipinski definition) is 11. The number of ether oxygens (including phenoxy) is 2. The molecule has 14 heteroatoms. The van der Waals surface area contributed by atoms with Crippen molar-refractivity contribution in [2.24, 2.45) is 11.7 Å². The van der Waals surface area contributed by atoms with Crippen LogP contribution in [0.15, 0.2) is 23.1 Å². The topological polar surface area (TPSA) is 157 Å². The second kappa shape index (κ2) is 11.6. The van der Waals surface area contributed by atoms with E-state index >= 15 is 0 Å². The van der Waals surface area contributed by atoms with Crippen LogP contribution < -0.4 is 5.73 Å². The van der Waals surface area contributed by atoms with Crippen LogP contribution in [0.1, 0.15) is 39.0 Å². The van der Waals surface area contributed by atoms with Crippen LogP contribution in [0.4, 0.5) is 0 Å². The van der Waals surface area contributed by atoms with Crippen LogP contribution in [-0.2, 0) is 38.2 Å². The second-order valence-electron chi connectivity index (χ2n) is 8.89. The van der Waals surface area contributed by atoms with Gasteiger partial charge < -0.3 is 25.0 Å². The number of primary amides is 1. The van der Waals surface area contributed by atoms with Crippen LogP contribution >= 0.6 is 23.5 Å². The first-order chi connectivity index (χ1) is 17.7. The smallest absolute Gasteiger partial charge is 0.334 e. The molecule has 2 N–H and O–H groups in total. The van der Waals surface area contributed by atoms with Gasteiger partial charge in [-0.1, -0.05) is 13.3 Å². The zero-order chi connectivity index (χ0) is 26.7. The molecule has 0 aromatic carbocycles. The molecule has 4 aliphatic heterocycles. The number of nitrogens with two attached hydrogens (primary N) is 1. The molecular formula is C23H28N4O8S2. The molecule has 4 aliphatic rings. The molecule has 5 atom stereocenters. The predicted octanol–water partition coefficient (Wildman–Crippen LogP) is 0.483. The second-order valence-corrected chi connectivity index (χ2v) is 11.0. The fourth-order valence-electron chi connectivity index (χ4n) is 4.55. The van der Waals surface area contributed by atoms with Crippen molar-refractivity contribution < 1.29 is 38.2 Å². The highest BCUT2D eigenvalue weighted by atomic mass is 32.2. The van der Waals surface area contributed by atoms with Gasteiger partial charge in [-0.2, -0.15) is 0 Å². The molecule has 4 rings (SSSR count). The van der Waals surface area contributed by atoms with Gasteiger partial charge in [0.25, 0.3) is 0 Å². The molecule has 12 nitrogen and oxygen atoms in total. The molecular weight excluding hydrogens is 524 g/mol. The Balaban J connectivity index is 1.32. The highest BCUT2D eigenvalue weighted by Crippen LogP contribution is 2.41. The Morgan fingerprint density at radius 2 is 1.84 bits per heavy atom. The fourth-order valence-corrected chi connectivity index (χ4v) is 6.71. The number of hydrogen-bond donors (Lipinski definition) is 1. The predicted molar refractivity (Wildman–Crippen MR) is 133 cm³/mol. The number of β-lactam (4-membered cyclic amide) rings is 1. The van der Waals surface area contributed by atoms with Crippen LogP contribution in [0, 0.1) is 5.92 Å². The van der Waals surface area contributed by atoms with Gasteiger partial charge in [-0.25, -0.2) is 14.5 Å². The molecule has 0 bridgehead atoms. The van der Waals surface area contributed by atoms with Gasteiger partial charge in [0.05, 0.1) is 17.2 Å². The summed E-state index contributed by atoms with van der Waals surface area (Å²) in [5.74, 6) is -3.52. The van der Waals surface area contributed by atoms with E-state index in [2.05, 4.69) is 0 Å². The van der Waals surface area contributed by atoms with E-state index in [9.17, 15) is 28.8 Å². The third kappa shape index (κ3) is 5.64. The van der Waals surface area contributed by atoms with Gasteiger partial charge >= 0.3 is 11.9 Å². The van der Waals surface area contributed by atoms with Crippen molar-refractivity contribution in [3.63, 3.8) is 0 Å². The summed E-state index contributed by atoms with van der Waals surface area (Å²) in [5, 5.41) is 2.77. The van der Waals surface area contributed by atoms with Gasteiger partial charge in [-0.05, 0) is 23.3 Å². The molecule has 4 unspecified atom stereocenters. The molecule has 0 aromatic heterocycles. The maximum atomic E-state index is 13.0. The van der Waals surface area contributed by atoms with Crippen LogP contribution in [0.3, 0.4) is 0 Å². The molecule has 2 saturated heterocycles. The zero-order valence-corrected chi connectivity index (χ0v) is 21.8. The van der Waals surface area contributed by atoms with E-state index in [1.54, 1.807) is 21.9 Å². The summed E-state index contributed by atoms with van der Waals surface area (Å²) in [6.45, 7) is 1.30. The quantitative estimate of drug-likeness (QED) is 0.216. The highest BCUT2D eigenvalue weighted by Gasteiger charge is 2.54. The Kier molecular flexibility index (Phi) is 8.47. The molecule has 200 valence electrons. The number of thioether (sulfide) groups is 2. The van der Waals surface area contributed by atoms with Crippen LogP contribution in [0.5, 0.6) is 0 Å². The maximum absolute atomic E-state index is 13.0. The lowest BCUT2D eigenvalue weighted by Crippen LogP contribution is -2.66. The van der Waals surface area contributed by atoms with Gasteiger partial charge in [0.2, 0.25) is 23.6 Å². The minimum Gasteiger partial charge on any atom is -0.463 e. The maximum Gasteiger partial charge on any atom is 0.334 e. The summed E-state index contributed by atoms with van der Waals surface area (Å²) < 4.78 is 10.7. The monoisotopic (exact) mass is 552 g/mol. The van der Waals surface area contributed by atoms with Gasteiger partial charge in [0, 0.05) is 19.0 Å². The van der Waals surface area contributed by atoms with Gasteiger partial charge in [0.15, 0.2) is 6.73 Å². The first-order valence-corrected chi connectivity index (χ1v) is 13.8. The molecule has 0 spiro atoms. The molecule has 4 heterocycles. The molecule has 0 saturated carbocycles. The SMILES string of the molecule is CCCC(C(=O)OCC1C(=O)N2C(C(=O)OCN3C(=O)CCC3=O)C=CS[C@@H]12)N1C=CSC1CC(N)=O. The van der Waals surface area contributed by atoms with Crippen molar-refractivity contribution in [1.82, 2.24) is 14.7 Å². The molecule has 0 aliphatic carbocycles. The Hall–Kier alpha value is -3.00. The Labute approximate surface area is 221 Å². The number of likely N-dealkylation sites (tertiary alicyclic amines) is 1. The third-order valence-electron chi connectivity index (χ3n) is 6.48. The van der Waals surface area contributed by atoms with Crippen molar-refractivity contribution >= 4 is 59.1 Å². The normalized spacial score (nSPS) is 27.3. The minimum atomic E-state index is -0.993. The van der Waals surface area contributed by atoms with Gasteiger partial charge in [0.1, 0.15) is 24.6 Å². The molecule has 0 aromatic rings. The highest BCUT2D eigenvalue weighted by molar-refractivity contribution is 8.03. The average Bonchev–Trinajstić information content (AvgIpc) is 3.45. The lowest BCUT2D eigenvalue weighted by Gasteiger charge is -2.50. The van der Waals surface area contributed by atoms with Crippen molar-refractivity contribution in [3.8, 4) is 0 Å². The Bertz CT molecular complexity index is 1030. The van der Waals surface area contributed by atoms with E-state index in [1.165, 1.54) is 34.5 Å². The summed E-state index contributed by atoms with van der Waals surface area (Å²) in [6, 6.07) is -1.61. The van der Waals surface area contributed by atoms with Crippen molar-refractivity contribution in [1.29, 1.82) is 0 Å². The van der Waals surface area contributed by atoms with Crippen molar-refractivity contribution in [3.05, 3.63) is 23.1 Å². The van der Waals surface area contributed by atoms with E-state index < -0.39 is 59.8 Å². The molecule has 2 fully saturated rings. The number of carbonyl (C=O) groups excluding carboxylic acids is 6. The van der Waals surface area contributed by atoms with Crippen molar-refractivity contribution in [2.45, 2.75) is 61.9 Å². The lowest BCUT2D eigenvalue weighted by molar-refractivity contribution is -0.173. The van der Waals surface area contributed by atoms with E-state index in [0.717, 1.165) is 4.90 Å². The lowest BCUT2D eigenvalue weighted by atomic mass is 9.96. The van der Waals surface area contributed by atoms with E-state index in [4.69, 9.17) is 15.2 Å². The van der Waals surface area contributed by atoms with Crippen LogP contribution in [-0.4, -0.2) is 86.4 Å². The summed E-state index contributed by atoms with van der Waals surface area (Å²) in [4.78, 5) is 77.4. The third-order valence-corrected chi connectivity index (χ3v) is 8.63. The standard InChI is InChI=1S/C23H28N4O8S2/c1-2-3-14(25-7-9-36-19(25)10-16(24)28)22(32)34-11-13-20(31)27-15(6-8-37-21(13)27)23(33)35-12-26-17(29)4-5-18(26)30/h6-9,13-15,19,21H,2-5,10-12H2,1H3,(H2,24,28)/t13?,14?,15?,19?,21-/m0/s1. The van der Waals surface area contributed by atoms with Crippen LogP contribution in [0.25, 0.3) is 0 Å². The van der Waals surface area contributed by atoms with Gasteiger partial charge in [-0.3, -0.25) is 19.2 Å². The molecule has 4 amide bonds. The summed E-state index contributed by atoms with van der Waals surface area (Å²) >= 11 is 2.73. The first kappa shape index (κ1) is 27.0. The largest absolute Gasteiger partial charge is 0.463 e. The molecule has 0 radical (unpaired) electrons. The molecule has 37 heavy (non-hydrogen) atoms. The van der Waals surface area contributed by atoms with E-state index in [-0.39, 0.29) is 37.2 Å². The number of amides is 4. The number of nitrogens with zero attached hydrogens (tertiary/aromatic N) is 3. The van der Waals surface area contributed by atoms with Crippen molar-refractivity contribution in [2.75, 3.05) is 13.3 Å². The Morgan fingerprint density at radius 3 is 2.51 bits per heavy atom. The fraction of sp³-hybridized carbons (Fsp3) is 0.565. The number of carbonyl (C=O) groups is 6. The van der Waals surface area contributed by atoms with Crippen LogP contribution in [0.2, 0.25) is 0 Å². The van der Waals surface area contributed by atoms with Gasteiger partial charge in [-0.15, -0.1) is 23.5 Å². The van der Waals surface area contributed by atoms with E-state index in [0.29, 0.717) is 12.8 Å². The number of rotatable bonds is 11. The summed E-state index contributed by atoms with van der Waals surface area (Å²) in [5.41, 5.74) is 5.34. The average molecular weight is 553 g/mol. The first-order valence-electron chi connectivity index (χ1n) is 11.9. The summed E-state index contributed by atoms with van der Waals surface area (Å²) in [7, 11) is 0. The Morgan fingerprint density at radius 1 is 1.11 bits per heavy atom.